The highest BCUT2D eigenvalue weighted by atomic mass is 32.2. The van der Waals surface area contributed by atoms with Gasteiger partial charge in [0.15, 0.2) is 0 Å². The van der Waals surface area contributed by atoms with Crippen LogP contribution >= 0.6 is 11.8 Å². The van der Waals surface area contributed by atoms with Gasteiger partial charge in [-0.05, 0) is 35.9 Å². The van der Waals surface area contributed by atoms with Crippen molar-refractivity contribution in [1.29, 1.82) is 5.26 Å². The van der Waals surface area contributed by atoms with E-state index in [1.807, 2.05) is 48.7 Å². The lowest BCUT2D eigenvalue weighted by Crippen LogP contribution is -2.44. The molecule has 2 amide bonds. The number of thioether (sulfide) groups is 1. The fraction of sp³-hybridized carbons (Fsp3) is 0.148. The number of hydrogen-bond acceptors (Lipinski definition) is 4. The number of benzene rings is 3. The maximum Gasteiger partial charge on any atom is 0.257 e. The van der Waals surface area contributed by atoms with Crippen LogP contribution in [0.3, 0.4) is 0 Å². The number of para-hydroxylation sites is 1. The van der Waals surface area contributed by atoms with Crippen molar-refractivity contribution in [2.24, 2.45) is 0 Å². The first kappa shape index (κ1) is 21.8. The summed E-state index contributed by atoms with van der Waals surface area (Å²) in [6.45, 7) is 0.659. The lowest BCUT2D eigenvalue weighted by molar-refractivity contribution is -0.119. The number of carbonyl (C=O) groups is 2. The largest absolute Gasteiger partial charge is 0.342 e. The molecule has 5 rings (SSSR count). The number of carbonyl (C=O) groups excluding carboxylic acids is 2. The minimum atomic E-state index is -0.565. The molecule has 34 heavy (non-hydrogen) atoms. The van der Waals surface area contributed by atoms with Gasteiger partial charge in [0, 0.05) is 35.1 Å². The number of amides is 2. The van der Waals surface area contributed by atoms with E-state index in [4.69, 9.17) is 5.26 Å². The van der Waals surface area contributed by atoms with Crippen molar-refractivity contribution in [2.75, 3.05) is 16.9 Å². The molecule has 1 unspecified atom stereocenters. The van der Waals surface area contributed by atoms with Gasteiger partial charge in [0.1, 0.15) is 6.04 Å². The van der Waals surface area contributed by atoms with Crippen molar-refractivity contribution in [3.8, 4) is 6.07 Å². The van der Waals surface area contributed by atoms with Crippen LogP contribution in [0.25, 0.3) is 10.9 Å². The first-order chi connectivity index (χ1) is 16.6. The van der Waals surface area contributed by atoms with Gasteiger partial charge in [0.25, 0.3) is 5.91 Å². The Morgan fingerprint density at radius 3 is 2.50 bits per heavy atom. The minimum Gasteiger partial charge on any atom is -0.342 e. The molecule has 0 radical (unpaired) electrons. The zero-order chi connectivity index (χ0) is 23.5. The molecule has 1 aromatic heterocycles. The molecular weight excluding hydrogens is 444 g/mol. The van der Waals surface area contributed by atoms with Crippen molar-refractivity contribution in [3.63, 3.8) is 0 Å². The third-order valence-corrected chi connectivity index (χ3v) is 6.95. The number of aromatic nitrogens is 1. The van der Waals surface area contributed by atoms with Crippen molar-refractivity contribution in [1.82, 2.24) is 9.47 Å². The number of anilines is 1. The van der Waals surface area contributed by atoms with Crippen molar-refractivity contribution < 1.29 is 9.59 Å². The molecule has 0 spiro atoms. The molecule has 3 aromatic carbocycles. The Balaban J connectivity index is 1.40. The van der Waals surface area contributed by atoms with E-state index in [1.54, 1.807) is 40.9 Å². The van der Waals surface area contributed by atoms with Crippen LogP contribution in [-0.2, 0) is 11.3 Å². The number of hydrogen-bond donors (Lipinski definition) is 1. The molecule has 6 nitrogen and oxygen atoms in total. The van der Waals surface area contributed by atoms with E-state index in [2.05, 4.69) is 28.1 Å². The molecular formula is C27H22N4O2S. The summed E-state index contributed by atoms with van der Waals surface area (Å²) < 4.78 is 2.09. The third-order valence-electron chi connectivity index (χ3n) is 5.94. The fourth-order valence-electron chi connectivity index (χ4n) is 4.20. The second kappa shape index (κ2) is 9.46. The first-order valence-corrected chi connectivity index (χ1v) is 12.1. The van der Waals surface area contributed by atoms with E-state index in [0.29, 0.717) is 35.0 Å². The molecule has 0 saturated carbocycles. The summed E-state index contributed by atoms with van der Waals surface area (Å²) in [7, 11) is 0. The van der Waals surface area contributed by atoms with Crippen LogP contribution in [0.4, 0.5) is 5.69 Å². The summed E-state index contributed by atoms with van der Waals surface area (Å²) in [5.41, 5.74) is 3.87. The lowest BCUT2D eigenvalue weighted by Gasteiger charge is -2.23. The van der Waals surface area contributed by atoms with Crippen molar-refractivity contribution in [2.45, 2.75) is 12.6 Å². The highest BCUT2D eigenvalue weighted by molar-refractivity contribution is 7.99. The van der Waals surface area contributed by atoms with Gasteiger partial charge in [-0.3, -0.25) is 9.59 Å². The van der Waals surface area contributed by atoms with Crippen LogP contribution in [-0.4, -0.2) is 39.0 Å². The first-order valence-electron chi connectivity index (χ1n) is 11.0. The standard InChI is InChI=1S/C27H22N4O2S/c28-14-19-10-12-21(13-11-19)29-26(32)25-17-34-18-31(25)27(33)23-16-30(15-20-6-2-1-3-7-20)24-9-5-4-8-22(23)24/h1-13,16,25H,15,17-18H2,(H,29,32). The van der Waals surface area contributed by atoms with E-state index in [1.165, 1.54) is 0 Å². The fourth-order valence-corrected chi connectivity index (χ4v) is 5.35. The second-order valence-corrected chi connectivity index (χ2v) is 9.14. The van der Waals surface area contributed by atoms with Crippen LogP contribution in [0.15, 0.2) is 85.1 Å². The lowest BCUT2D eigenvalue weighted by atomic mass is 10.1. The SMILES string of the molecule is N#Cc1ccc(NC(=O)C2CSCN2C(=O)c2cn(Cc3ccccc3)c3ccccc23)cc1. The summed E-state index contributed by atoms with van der Waals surface area (Å²) in [5.74, 6) is 0.628. The van der Waals surface area contributed by atoms with Gasteiger partial charge in [0.2, 0.25) is 5.91 Å². The van der Waals surface area contributed by atoms with Crippen LogP contribution in [0, 0.1) is 11.3 Å². The molecule has 2 heterocycles. The highest BCUT2D eigenvalue weighted by Gasteiger charge is 2.36. The Morgan fingerprint density at radius 1 is 1.00 bits per heavy atom. The Bertz CT molecular complexity index is 1390. The molecule has 0 aliphatic carbocycles. The van der Waals surface area contributed by atoms with Crippen LogP contribution in [0.5, 0.6) is 0 Å². The summed E-state index contributed by atoms with van der Waals surface area (Å²) >= 11 is 1.57. The smallest absolute Gasteiger partial charge is 0.257 e. The van der Waals surface area contributed by atoms with Crippen molar-refractivity contribution >= 4 is 40.2 Å². The molecule has 1 atom stereocenters. The molecule has 1 N–H and O–H groups in total. The molecule has 1 saturated heterocycles. The predicted molar refractivity (Wildman–Crippen MR) is 135 cm³/mol. The Labute approximate surface area is 201 Å². The van der Waals surface area contributed by atoms with Gasteiger partial charge in [-0.1, -0.05) is 48.5 Å². The van der Waals surface area contributed by atoms with Gasteiger partial charge in [-0.25, -0.2) is 0 Å². The summed E-state index contributed by atoms with van der Waals surface area (Å²) in [5, 5.41) is 12.7. The number of nitriles is 1. The van der Waals surface area contributed by atoms with E-state index < -0.39 is 6.04 Å². The van der Waals surface area contributed by atoms with Gasteiger partial charge < -0.3 is 14.8 Å². The molecule has 1 fully saturated rings. The molecule has 4 aromatic rings. The van der Waals surface area contributed by atoms with Crippen molar-refractivity contribution in [3.05, 3.63) is 102 Å². The third kappa shape index (κ3) is 4.28. The average Bonchev–Trinajstić information content (AvgIpc) is 3.51. The molecule has 1 aliphatic rings. The molecule has 7 heteroatoms. The summed E-state index contributed by atoms with van der Waals surface area (Å²) in [4.78, 5) is 28.3. The Morgan fingerprint density at radius 2 is 1.74 bits per heavy atom. The van der Waals surface area contributed by atoms with Gasteiger partial charge >= 0.3 is 0 Å². The highest BCUT2D eigenvalue weighted by Crippen LogP contribution is 2.29. The van der Waals surface area contributed by atoms with Gasteiger partial charge in [-0.15, -0.1) is 11.8 Å². The van der Waals surface area contributed by atoms with Gasteiger partial charge in [0.05, 0.1) is 23.1 Å². The maximum absolute atomic E-state index is 13.7. The molecule has 168 valence electrons. The van der Waals surface area contributed by atoms with Crippen LogP contribution < -0.4 is 5.32 Å². The number of rotatable bonds is 5. The topological polar surface area (TPSA) is 78.1 Å². The van der Waals surface area contributed by atoms with E-state index in [9.17, 15) is 9.59 Å². The maximum atomic E-state index is 13.7. The number of fused-ring (bicyclic) bond motifs is 1. The minimum absolute atomic E-state index is 0.145. The van der Waals surface area contributed by atoms with E-state index in [-0.39, 0.29) is 11.8 Å². The monoisotopic (exact) mass is 466 g/mol. The van der Waals surface area contributed by atoms with Gasteiger partial charge in [-0.2, -0.15) is 5.26 Å². The summed E-state index contributed by atoms with van der Waals surface area (Å²) in [6.07, 6.45) is 1.90. The predicted octanol–water partition coefficient (Wildman–Crippen LogP) is 4.72. The summed E-state index contributed by atoms with van der Waals surface area (Å²) in [6, 6.07) is 26.2. The van der Waals surface area contributed by atoms with E-state index in [0.717, 1.165) is 16.5 Å². The molecule has 0 bridgehead atoms. The normalized spacial score (nSPS) is 15.3. The zero-order valence-corrected chi connectivity index (χ0v) is 19.2. The van der Waals surface area contributed by atoms with Crippen LogP contribution in [0.2, 0.25) is 0 Å². The van der Waals surface area contributed by atoms with E-state index >= 15 is 0 Å². The average molecular weight is 467 g/mol. The number of nitrogens with zero attached hydrogens (tertiary/aromatic N) is 3. The zero-order valence-electron chi connectivity index (χ0n) is 18.3. The Kier molecular flexibility index (Phi) is 6.07. The second-order valence-electron chi connectivity index (χ2n) is 8.14. The molecule has 1 aliphatic heterocycles. The number of nitrogens with one attached hydrogen (secondary N) is 1. The Hall–Kier alpha value is -4.02. The quantitative estimate of drug-likeness (QED) is 0.462. The van der Waals surface area contributed by atoms with Crippen LogP contribution in [0.1, 0.15) is 21.5 Å².